The van der Waals surface area contributed by atoms with Crippen molar-refractivity contribution in [3.63, 3.8) is 0 Å². The minimum atomic E-state index is 0.509. The van der Waals surface area contributed by atoms with Crippen LogP contribution >= 0.6 is 0 Å². The van der Waals surface area contributed by atoms with Gasteiger partial charge in [-0.3, -0.25) is 9.80 Å². The van der Waals surface area contributed by atoms with E-state index in [4.69, 9.17) is 9.47 Å². The van der Waals surface area contributed by atoms with Crippen LogP contribution in [0.15, 0.2) is 0 Å². The first-order valence-electron chi connectivity index (χ1n) is 7.58. The first-order chi connectivity index (χ1) is 8.90. The second-order valence-electron chi connectivity index (χ2n) is 5.87. The Hall–Kier alpha value is -0.160. The molecular weight excluding hydrogens is 228 g/mol. The minimum absolute atomic E-state index is 0.509. The van der Waals surface area contributed by atoms with Gasteiger partial charge in [-0.15, -0.1) is 0 Å². The van der Waals surface area contributed by atoms with Crippen LogP contribution in [0.5, 0.6) is 0 Å². The van der Waals surface area contributed by atoms with Crippen LogP contribution in [0.2, 0.25) is 0 Å². The van der Waals surface area contributed by atoms with E-state index in [0.717, 1.165) is 26.3 Å². The lowest BCUT2D eigenvalue weighted by atomic mass is 10.2. The second-order valence-corrected chi connectivity index (χ2v) is 5.87. The Morgan fingerprint density at radius 1 is 0.722 bits per heavy atom. The number of hydrogen-bond donors (Lipinski definition) is 0. The van der Waals surface area contributed by atoms with Crippen LogP contribution in [0.4, 0.5) is 0 Å². The Morgan fingerprint density at radius 3 is 1.50 bits per heavy atom. The summed E-state index contributed by atoms with van der Waals surface area (Å²) in [6.45, 7) is 9.05. The number of nitrogens with zero attached hydrogens (tertiary/aromatic N) is 2. The zero-order chi connectivity index (χ0) is 12.2. The third-order valence-corrected chi connectivity index (χ3v) is 4.44. The Bertz CT molecular complexity index is 216. The highest BCUT2D eigenvalue weighted by Gasteiger charge is 2.25. The molecule has 0 spiro atoms. The Kier molecular flexibility index (Phi) is 4.52. The average Bonchev–Trinajstić information content (AvgIpc) is 3.05. The Labute approximate surface area is 110 Å². The fraction of sp³-hybridized carbons (Fsp3) is 1.00. The van der Waals surface area contributed by atoms with Crippen molar-refractivity contribution in [1.82, 2.24) is 9.80 Å². The normalized spacial score (nSPS) is 35.3. The fourth-order valence-electron chi connectivity index (χ4n) is 3.31. The van der Waals surface area contributed by atoms with Crippen molar-refractivity contribution in [3.8, 4) is 0 Å². The average molecular weight is 254 g/mol. The summed E-state index contributed by atoms with van der Waals surface area (Å²) in [5.41, 5.74) is 0. The lowest BCUT2D eigenvalue weighted by Crippen LogP contribution is -2.50. The van der Waals surface area contributed by atoms with Crippen LogP contribution in [-0.4, -0.2) is 74.5 Å². The molecule has 0 N–H and O–H groups in total. The van der Waals surface area contributed by atoms with Gasteiger partial charge in [0.15, 0.2) is 0 Å². The van der Waals surface area contributed by atoms with Gasteiger partial charge >= 0.3 is 0 Å². The molecule has 3 heterocycles. The lowest BCUT2D eigenvalue weighted by Gasteiger charge is -2.36. The van der Waals surface area contributed by atoms with Crippen molar-refractivity contribution in [2.75, 3.05) is 52.5 Å². The molecule has 0 saturated carbocycles. The highest BCUT2D eigenvalue weighted by Crippen LogP contribution is 2.16. The molecule has 4 heteroatoms. The molecule has 0 aliphatic carbocycles. The Morgan fingerprint density at radius 2 is 1.17 bits per heavy atom. The number of rotatable bonds is 4. The van der Waals surface area contributed by atoms with Crippen molar-refractivity contribution in [2.45, 2.75) is 37.9 Å². The highest BCUT2D eigenvalue weighted by atomic mass is 16.5. The van der Waals surface area contributed by atoms with E-state index in [1.807, 2.05) is 0 Å². The molecule has 0 radical (unpaired) electrons. The smallest absolute Gasteiger partial charge is 0.0702 e. The molecule has 3 aliphatic heterocycles. The molecule has 4 nitrogen and oxygen atoms in total. The van der Waals surface area contributed by atoms with Crippen molar-refractivity contribution in [2.24, 2.45) is 0 Å². The quantitative estimate of drug-likeness (QED) is 0.746. The Balaban J connectivity index is 1.35. The van der Waals surface area contributed by atoms with Gasteiger partial charge in [-0.25, -0.2) is 0 Å². The zero-order valence-electron chi connectivity index (χ0n) is 11.4. The summed E-state index contributed by atoms with van der Waals surface area (Å²) in [6.07, 6.45) is 6.05. The summed E-state index contributed by atoms with van der Waals surface area (Å²) in [5.74, 6) is 0. The van der Waals surface area contributed by atoms with E-state index in [1.54, 1.807) is 0 Å². The van der Waals surface area contributed by atoms with Gasteiger partial charge in [0.05, 0.1) is 12.2 Å². The minimum Gasteiger partial charge on any atom is -0.377 e. The van der Waals surface area contributed by atoms with E-state index < -0.39 is 0 Å². The van der Waals surface area contributed by atoms with Gasteiger partial charge in [-0.05, 0) is 25.7 Å². The zero-order valence-corrected chi connectivity index (χ0v) is 11.4. The predicted molar refractivity (Wildman–Crippen MR) is 70.8 cm³/mol. The molecule has 2 atom stereocenters. The second kappa shape index (κ2) is 6.33. The van der Waals surface area contributed by atoms with Crippen LogP contribution in [0.25, 0.3) is 0 Å². The van der Waals surface area contributed by atoms with E-state index in [0.29, 0.717) is 12.2 Å². The molecule has 18 heavy (non-hydrogen) atoms. The maximum atomic E-state index is 5.71. The van der Waals surface area contributed by atoms with E-state index >= 15 is 0 Å². The number of hydrogen-bond acceptors (Lipinski definition) is 4. The summed E-state index contributed by atoms with van der Waals surface area (Å²) in [7, 11) is 0. The topological polar surface area (TPSA) is 24.9 Å². The van der Waals surface area contributed by atoms with Crippen molar-refractivity contribution in [1.29, 1.82) is 0 Å². The molecule has 0 aromatic carbocycles. The van der Waals surface area contributed by atoms with E-state index in [2.05, 4.69) is 9.80 Å². The molecule has 0 aromatic heterocycles. The van der Waals surface area contributed by atoms with Gasteiger partial charge in [-0.1, -0.05) is 0 Å². The van der Waals surface area contributed by atoms with Gasteiger partial charge in [0.2, 0.25) is 0 Å². The van der Waals surface area contributed by atoms with Gasteiger partial charge in [0.1, 0.15) is 0 Å². The van der Waals surface area contributed by atoms with Crippen LogP contribution in [0, 0.1) is 0 Å². The maximum absolute atomic E-state index is 5.71. The molecule has 104 valence electrons. The van der Waals surface area contributed by atoms with Crippen LogP contribution in [0.3, 0.4) is 0 Å². The molecule has 0 unspecified atom stereocenters. The third kappa shape index (κ3) is 3.44. The molecular formula is C14H26N2O2. The first-order valence-corrected chi connectivity index (χ1v) is 7.58. The standard InChI is InChI=1S/C14H26N2O2/c1-3-13(17-9-1)11-15-5-7-16(8-6-15)12-14-4-2-10-18-14/h13-14H,1-12H2/t13-,14-/m0/s1. The molecule has 0 amide bonds. The van der Waals surface area contributed by atoms with Crippen LogP contribution in [0.1, 0.15) is 25.7 Å². The van der Waals surface area contributed by atoms with Crippen LogP contribution in [-0.2, 0) is 9.47 Å². The highest BCUT2D eigenvalue weighted by molar-refractivity contribution is 4.79. The number of piperazine rings is 1. The molecule has 3 saturated heterocycles. The molecule has 3 aliphatic rings. The van der Waals surface area contributed by atoms with Crippen molar-refractivity contribution < 1.29 is 9.47 Å². The van der Waals surface area contributed by atoms with Crippen molar-refractivity contribution in [3.05, 3.63) is 0 Å². The monoisotopic (exact) mass is 254 g/mol. The van der Waals surface area contributed by atoms with E-state index in [1.165, 1.54) is 51.9 Å². The molecule has 0 aromatic rings. The number of ether oxygens (including phenoxy) is 2. The van der Waals surface area contributed by atoms with Crippen molar-refractivity contribution >= 4 is 0 Å². The summed E-state index contributed by atoms with van der Waals surface area (Å²) < 4.78 is 11.4. The molecule has 0 bridgehead atoms. The predicted octanol–water partition coefficient (Wildman–Crippen LogP) is 0.962. The molecule has 3 fully saturated rings. The van der Waals surface area contributed by atoms with Gasteiger partial charge in [0.25, 0.3) is 0 Å². The maximum Gasteiger partial charge on any atom is 0.0702 e. The lowest BCUT2D eigenvalue weighted by molar-refractivity contribution is 0.0288. The molecule has 3 rings (SSSR count). The summed E-state index contributed by atoms with van der Waals surface area (Å²) in [6, 6.07) is 0. The van der Waals surface area contributed by atoms with E-state index in [-0.39, 0.29) is 0 Å². The van der Waals surface area contributed by atoms with Gasteiger partial charge in [-0.2, -0.15) is 0 Å². The fourth-order valence-corrected chi connectivity index (χ4v) is 3.31. The summed E-state index contributed by atoms with van der Waals surface area (Å²) in [5, 5.41) is 0. The third-order valence-electron chi connectivity index (χ3n) is 4.44. The SMILES string of the molecule is C1CO[C@H](CN2CCN(C[C@@H]3CCCO3)CC2)C1. The van der Waals surface area contributed by atoms with Crippen LogP contribution < -0.4 is 0 Å². The largest absolute Gasteiger partial charge is 0.377 e. The summed E-state index contributed by atoms with van der Waals surface area (Å²) >= 11 is 0. The first kappa shape index (κ1) is 12.9. The van der Waals surface area contributed by atoms with Gasteiger partial charge < -0.3 is 9.47 Å². The van der Waals surface area contributed by atoms with E-state index in [9.17, 15) is 0 Å². The van der Waals surface area contributed by atoms with Gasteiger partial charge in [0, 0.05) is 52.5 Å². The summed E-state index contributed by atoms with van der Waals surface area (Å²) in [4.78, 5) is 5.14.